The maximum Gasteiger partial charge on any atom is 0.321 e. The molecular weight excluding hydrogens is 252 g/mol. The van der Waals surface area contributed by atoms with E-state index in [2.05, 4.69) is 5.32 Å². The first-order valence-corrected chi connectivity index (χ1v) is 6.83. The molecule has 0 aromatic carbocycles. The number of nitrogens with zero attached hydrogens (tertiary/aromatic N) is 1. The molecule has 1 aliphatic rings. The number of rotatable bonds is 2. The molecule has 2 heterocycles. The largest absolute Gasteiger partial charge is 0.481 e. The van der Waals surface area contributed by atoms with Gasteiger partial charge in [0.25, 0.3) is 0 Å². The van der Waals surface area contributed by atoms with E-state index in [1.807, 2.05) is 17.7 Å². The first-order chi connectivity index (χ1) is 8.58. The van der Waals surface area contributed by atoms with Crippen LogP contribution in [0.2, 0.25) is 0 Å². The topological polar surface area (TPSA) is 69.6 Å². The van der Waals surface area contributed by atoms with Crippen molar-refractivity contribution in [3.8, 4) is 0 Å². The van der Waals surface area contributed by atoms with Crippen LogP contribution in [0.25, 0.3) is 0 Å². The molecule has 2 N–H and O–H groups in total. The molecule has 1 aromatic rings. The second kappa shape index (κ2) is 5.39. The second-order valence-electron chi connectivity index (χ2n) is 4.52. The normalized spacial score (nSPS) is 19.6. The predicted octanol–water partition coefficient (Wildman–Crippen LogP) is 2.39. The average molecular weight is 268 g/mol. The molecule has 1 aromatic heterocycles. The lowest BCUT2D eigenvalue weighted by Gasteiger charge is -2.30. The maximum absolute atomic E-state index is 12.0. The summed E-state index contributed by atoms with van der Waals surface area (Å²) >= 11 is 1.53. The van der Waals surface area contributed by atoms with Crippen LogP contribution in [-0.2, 0) is 4.79 Å². The standard InChI is InChI=1S/C12H16N2O3S/c1-8-6-18-7-10(8)13-12(17)14-4-2-3-9(5-14)11(15)16/h6-7,9H,2-5H2,1H3,(H,13,17)(H,15,16). The fraction of sp³-hybridized carbons (Fsp3) is 0.500. The van der Waals surface area contributed by atoms with Gasteiger partial charge in [-0.3, -0.25) is 4.79 Å². The minimum atomic E-state index is -0.820. The van der Waals surface area contributed by atoms with Gasteiger partial charge in [0.1, 0.15) is 0 Å². The van der Waals surface area contributed by atoms with Crippen molar-refractivity contribution in [2.24, 2.45) is 5.92 Å². The Morgan fingerprint density at radius 2 is 2.28 bits per heavy atom. The summed E-state index contributed by atoms with van der Waals surface area (Å²) in [6.45, 7) is 2.85. The van der Waals surface area contributed by atoms with Crippen molar-refractivity contribution < 1.29 is 14.7 Å². The minimum Gasteiger partial charge on any atom is -0.481 e. The molecular formula is C12H16N2O3S. The van der Waals surface area contributed by atoms with Crippen LogP contribution in [0.5, 0.6) is 0 Å². The van der Waals surface area contributed by atoms with Crippen LogP contribution in [0, 0.1) is 12.8 Å². The second-order valence-corrected chi connectivity index (χ2v) is 5.27. The number of hydrogen-bond donors (Lipinski definition) is 2. The summed E-state index contributed by atoms with van der Waals surface area (Å²) in [6, 6.07) is -0.206. The Labute approximate surface area is 109 Å². The van der Waals surface area contributed by atoms with Gasteiger partial charge in [-0.2, -0.15) is 0 Å². The van der Waals surface area contributed by atoms with Crippen LogP contribution in [0.3, 0.4) is 0 Å². The van der Waals surface area contributed by atoms with Crippen molar-refractivity contribution in [3.63, 3.8) is 0 Å². The quantitative estimate of drug-likeness (QED) is 0.865. The number of thiophene rings is 1. The van der Waals surface area contributed by atoms with Gasteiger partial charge in [0, 0.05) is 18.5 Å². The van der Waals surface area contributed by atoms with Crippen LogP contribution < -0.4 is 5.32 Å². The molecule has 5 nitrogen and oxygen atoms in total. The number of carbonyl (C=O) groups excluding carboxylic acids is 1. The van der Waals surface area contributed by atoms with Crippen LogP contribution in [0.4, 0.5) is 10.5 Å². The summed E-state index contributed by atoms with van der Waals surface area (Å²) < 4.78 is 0. The molecule has 0 saturated carbocycles. The van der Waals surface area contributed by atoms with Crippen LogP contribution in [-0.4, -0.2) is 35.1 Å². The van der Waals surface area contributed by atoms with Crippen molar-refractivity contribution in [1.29, 1.82) is 0 Å². The monoisotopic (exact) mass is 268 g/mol. The highest BCUT2D eigenvalue weighted by molar-refractivity contribution is 7.08. The van der Waals surface area contributed by atoms with Gasteiger partial charge in [-0.15, -0.1) is 11.3 Å². The molecule has 1 atom stereocenters. The van der Waals surface area contributed by atoms with Gasteiger partial charge in [0.15, 0.2) is 0 Å². The smallest absolute Gasteiger partial charge is 0.321 e. The number of likely N-dealkylation sites (tertiary alicyclic amines) is 1. The summed E-state index contributed by atoms with van der Waals surface area (Å²) in [5.74, 6) is -1.26. The number of aryl methyl sites for hydroxylation is 1. The highest BCUT2D eigenvalue weighted by Gasteiger charge is 2.28. The van der Waals surface area contributed by atoms with Gasteiger partial charge >= 0.3 is 12.0 Å². The zero-order valence-electron chi connectivity index (χ0n) is 10.2. The third-order valence-electron chi connectivity index (χ3n) is 3.15. The molecule has 0 aliphatic carbocycles. The van der Waals surface area contributed by atoms with Crippen LogP contribution in [0.1, 0.15) is 18.4 Å². The predicted molar refractivity (Wildman–Crippen MR) is 70.0 cm³/mol. The number of carbonyl (C=O) groups is 2. The molecule has 1 saturated heterocycles. The summed E-state index contributed by atoms with van der Waals surface area (Å²) in [5, 5.41) is 15.7. The van der Waals surface area contributed by atoms with E-state index in [1.54, 1.807) is 4.90 Å². The number of aliphatic carboxylic acids is 1. The highest BCUT2D eigenvalue weighted by Crippen LogP contribution is 2.21. The molecule has 2 amide bonds. The molecule has 1 unspecified atom stereocenters. The third kappa shape index (κ3) is 2.81. The van der Waals surface area contributed by atoms with Gasteiger partial charge in [-0.05, 0) is 30.7 Å². The van der Waals surface area contributed by atoms with Crippen molar-refractivity contribution in [1.82, 2.24) is 4.90 Å². The van der Waals surface area contributed by atoms with E-state index in [4.69, 9.17) is 5.11 Å². The molecule has 6 heteroatoms. The number of nitrogens with one attached hydrogen (secondary N) is 1. The van der Waals surface area contributed by atoms with Gasteiger partial charge in [-0.1, -0.05) is 0 Å². The van der Waals surface area contributed by atoms with Crippen molar-refractivity contribution >= 4 is 29.0 Å². The van der Waals surface area contributed by atoms with Gasteiger partial charge in [0.05, 0.1) is 11.6 Å². The molecule has 0 radical (unpaired) electrons. The zero-order valence-corrected chi connectivity index (χ0v) is 11.0. The molecule has 98 valence electrons. The first-order valence-electron chi connectivity index (χ1n) is 5.89. The fourth-order valence-electron chi connectivity index (χ4n) is 2.05. The van der Waals surface area contributed by atoms with E-state index in [9.17, 15) is 9.59 Å². The molecule has 0 bridgehead atoms. The lowest BCUT2D eigenvalue weighted by atomic mass is 9.99. The Bertz CT molecular complexity index is 458. The minimum absolute atomic E-state index is 0.206. The Hall–Kier alpha value is -1.56. The number of carboxylic acids is 1. The summed E-state index contributed by atoms with van der Waals surface area (Å²) in [4.78, 5) is 24.5. The lowest BCUT2D eigenvalue weighted by molar-refractivity contribution is -0.143. The lowest BCUT2D eigenvalue weighted by Crippen LogP contribution is -2.44. The van der Waals surface area contributed by atoms with Gasteiger partial charge < -0.3 is 15.3 Å². The summed E-state index contributed by atoms with van der Waals surface area (Å²) in [5.41, 5.74) is 1.84. The van der Waals surface area contributed by atoms with Gasteiger partial charge in [0.2, 0.25) is 0 Å². The number of amides is 2. The molecule has 0 spiro atoms. The summed E-state index contributed by atoms with van der Waals surface area (Å²) in [7, 11) is 0. The zero-order chi connectivity index (χ0) is 13.1. The molecule has 18 heavy (non-hydrogen) atoms. The number of urea groups is 1. The first kappa shape index (κ1) is 12.9. The number of hydrogen-bond acceptors (Lipinski definition) is 3. The Morgan fingerprint density at radius 3 is 2.89 bits per heavy atom. The van der Waals surface area contributed by atoms with Crippen LogP contribution >= 0.6 is 11.3 Å². The van der Waals surface area contributed by atoms with E-state index in [1.165, 1.54) is 11.3 Å². The van der Waals surface area contributed by atoms with Crippen molar-refractivity contribution in [2.45, 2.75) is 19.8 Å². The Balaban J connectivity index is 1.97. The van der Waals surface area contributed by atoms with E-state index in [0.29, 0.717) is 19.5 Å². The molecule has 2 rings (SSSR count). The fourth-order valence-corrected chi connectivity index (χ4v) is 2.83. The highest BCUT2D eigenvalue weighted by atomic mass is 32.1. The van der Waals surface area contributed by atoms with Crippen LogP contribution in [0.15, 0.2) is 10.8 Å². The van der Waals surface area contributed by atoms with Gasteiger partial charge in [-0.25, -0.2) is 4.79 Å². The molecule has 1 aliphatic heterocycles. The van der Waals surface area contributed by atoms with Crippen molar-refractivity contribution in [2.75, 3.05) is 18.4 Å². The maximum atomic E-state index is 12.0. The average Bonchev–Trinajstić information content (AvgIpc) is 2.75. The Kier molecular flexibility index (Phi) is 3.86. The SMILES string of the molecule is Cc1cscc1NC(=O)N1CCCC(C(=O)O)C1. The number of carboxylic acid groups (broad SMARTS) is 1. The summed E-state index contributed by atoms with van der Waals surface area (Å²) in [6.07, 6.45) is 1.39. The third-order valence-corrected chi connectivity index (χ3v) is 4.02. The molecule has 1 fully saturated rings. The van der Waals surface area contributed by atoms with E-state index >= 15 is 0 Å². The van der Waals surface area contributed by atoms with E-state index in [0.717, 1.165) is 17.7 Å². The number of piperidine rings is 1. The van der Waals surface area contributed by atoms with E-state index in [-0.39, 0.29) is 6.03 Å². The van der Waals surface area contributed by atoms with E-state index < -0.39 is 11.9 Å². The van der Waals surface area contributed by atoms with Crippen molar-refractivity contribution in [3.05, 3.63) is 16.3 Å². The Morgan fingerprint density at radius 1 is 1.50 bits per heavy atom. The number of anilines is 1.